The summed E-state index contributed by atoms with van der Waals surface area (Å²) in [5.74, 6) is -1.38. The number of unbranched alkanes of at least 4 members (excludes halogenated alkanes) is 7. The largest absolute Gasteiger partial charge is 0.391 e. The fraction of sp³-hybridized carbons (Fsp3) is 0.516. The van der Waals surface area contributed by atoms with E-state index in [9.17, 15) is 23.1 Å². The summed E-state index contributed by atoms with van der Waals surface area (Å²) in [5, 5.41) is 13.0. The van der Waals surface area contributed by atoms with Crippen LogP contribution in [0.25, 0.3) is 0 Å². The lowest BCUT2D eigenvalue weighted by atomic mass is 9.91. The van der Waals surface area contributed by atoms with Gasteiger partial charge in [0, 0.05) is 18.1 Å². The van der Waals surface area contributed by atoms with E-state index in [4.69, 9.17) is 0 Å². The first-order valence-corrected chi connectivity index (χ1v) is 16.6. The van der Waals surface area contributed by atoms with Crippen molar-refractivity contribution in [3.8, 4) is 0 Å². The number of rotatable bonds is 15. The van der Waals surface area contributed by atoms with E-state index in [1.165, 1.54) is 49.1 Å². The van der Waals surface area contributed by atoms with Gasteiger partial charge in [-0.3, -0.25) is 19.5 Å². The molecule has 1 aromatic heterocycles. The Morgan fingerprint density at radius 3 is 2.24 bits per heavy atom. The molecule has 41 heavy (non-hydrogen) atoms. The number of aromatic nitrogens is 1. The number of carbonyl (C=O) groups is 2. The molecule has 2 amide bonds. The summed E-state index contributed by atoms with van der Waals surface area (Å²) in [6, 6.07) is 10.2. The van der Waals surface area contributed by atoms with Crippen LogP contribution in [-0.2, 0) is 26.0 Å². The van der Waals surface area contributed by atoms with Gasteiger partial charge >= 0.3 is 0 Å². The first kappa shape index (κ1) is 30.9. The van der Waals surface area contributed by atoms with Crippen molar-refractivity contribution >= 4 is 27.3 Å². The molecule has 2 aliphatic heterocycles. The van der Waals surface area contributed by atoms with E-state index in [0.29, 0.717) is 17.8 Å². The third kappa shape index (κ3) is 7.81. The first-order valence-electron chi connectivity index (χ1n) is 14.7. The van der Waals surface area contributed by atoms with Crippen molar-refractivity contribution in [2.45, 2.75) is 94.3 Å². The Morgan fingerprint density at radius 2 is 1.61 bits per heavy atom. The molecule has 10 heteroatoms. The average Bonchev–Trinajstić information content (AvgIpc) is 3.20. The minimum Gasteiger partial charge on any atom is -0.391 e. The molecule has 2 unspecified atom stereocenters. The number of nitrogens with zero attached hydrogens (tertiary/aromatic N) is 3. The highest BCUT2D eigenvalue weighted by atomic mass is 32.2. The molecule has 222 valence electrons. The summed E-state index contributed by atoms with van der Waals surface area (Å²) in [6.07, 6.45) is 15.4. The standard InChI is InChI=1S/C31H42N4O5S/c1-3-4-5-6-7-8-9-10-14-28(36)27-20-19-26-29(31(38)34(30(26)37)22-24-13-11-12-21-32-24)35(27)33-23-15-17-25(18-16-23)41(2,39)40/h11-13,15-21,26-29,33,36H,3-10,14,22H2,1-2H3/t26?,27-,28-,29?/m1/s1. The number of fused-ring (bicyclic) bond motifs is 1. The van der Waals surface area contributed by atoms with Gasteiger partial charge in [-0.15, -0.1) is 0 Å². The third-order valence-electron chi connectivity index (χ3n) is 7.88. The number of hydrogen-bond acceptors (Lipinski definition) is 8. The Hall–Kier alpha value is -3.08. The topological polar surface area (TPSA) is 120 Å². The Balaban J connectivity index is 1.50. The lowest BCUT2D eigenvalue weighted by Gasteiger charge is -2.40. The summed E-state index contributed by atoms with van der Waals surface area (Å²) in [7, 11) is -3.37. The van der Waals surface area contributed by atoms with Crippen molar-refractivity contribution in [2.24, 2.45) is 5.92 Å². The molecular weight excluding hydrogens is 540 g/mol. The number of pyridine rings is 1. The maximum absolute atomic E-state index is 13.7. The van der Waals surface area contributed by atoms with E-state index < -0.39 is 33.9 Å². The SMILES string of the molecule is CCCCCCCCCC[C@@H](O)[C@H]1C=CC2C(=O)N(Cc3ccccn3)C(=O)C2N1Nc1ccc(S(C)(=O)=O)cc1. The molecular formula is C31H42N4O5S. The molecule has 0 spiro atoms. The number of sulfone groups is 1. The van der Waals surface area contributed by atoms with Gasteiger partial charge in [0.25, 0.3) is 0 Å². The monoisotopic (exact) mass is 582 g/mol. The number of hydrogen-bond donors (Lipinski definition) is 2. The van der Waals surface area contributed by atoms with Crippen LogP contribution in [0.3, 0.4) is 0 Å². The molecule has 1 fully saturated rings. The summed E-state index contributed by atoms with van der Waals surface area (Å²) < 4.78 is 23.9. The molecule has 2 aromatic rings. The van der Waals surface area contributed by atoms with Crippen LogP contribution in [0, 0.1) is 5.92 Å². The van der Waals surface area contributed by atoms with Gasteiger partial charge in [0.05, 0.1) is 35.2 Å². The molecule has 2 N–H and O–H groups in total. The van der Waals surface area contributed by atoms with Crippen LogP contribution < -0.4 is 5.43 Å². The van der Waals surface area contributed by atoms with E-state index in [0.717, 1.165) is 25.5 Å². The van der Waals surface area contributed by atoms with Crippen molar-refractivity contribution in [2.75, 3.05) is 11.7 Å². The highest BCUT2D eigenvalue weighted by Crippen LogP contribution is 2.34. The van der Waals surface area contributed by atoms with Crippen LogP contribution >= 0.6 is 0 Å². The number of aliphatic hydroxyl groups excluding tert-OH is 1. The summed E-state index contributed by atoms with van der Waals surface area (Å²) in [5.41, 5.74) is 4.40. The Bertz CT molecular complexity index is 1300. The molecule has 4 rings (SSSR count). The second-order valence-corrected chi connectivity index (χ2v) is 13.1. The first-order chi connectivity index (χ1) is 19.7. The van der Waals surface area contributed by atoms with Gasteiger partial charge in [-0.05, 0) is 42.8 Å². The normalized spacial score (nSPS) is 21.7. The smallest absolute Gasteiger partial charge is 0.249 e. The van der Waals surface area contributed by atoms with Gasteiger partial charge in [0.15, 0.2) is 9.84 Å². The maximum atomic E-state index is 13.7. The maximum Gasteiger partial charge on any atom is 0.249 e. The molecule has 0 aliphatic carbocycles. The Kier molecular flexibility index (Phi) is 10.7. The van der Waals surface area contributed by atoms with E-state index in [2.05, 4.69) is 17.3 Å². The zero-order valence-corrected chi connectivity index (χ0v) is 24.8. The van der Waals surface area contributed by atoms with Crippen molar-refractivity contribution in [3.63, 3.8) is 0 Å². The molecule has 1 aromatic carbocycles. The molecule has 2 aliphatic rings. The molecule has 1 saturated heterocycles. The van der Waals surface area contributed by atoms with E-state index in [1.54, 1.807) is 41.5 Å². The van der Waals surface area contributed by atoms with Gasteiger partial charge < -0.3 is 10.5 Å². The molecule has 0 radical (unpaired) electrons. The fourth-order valence-electron chi connectivity index (χ4n) is 5.58. The van der Waals surface area contributed by atoms with Gasteiger partial charge in [0.1, 0.15) is 6.04 Å². The van der Waals surface area contributed by atoms with Crippen LogP contribution in [0.5, 0.6) is 0 Å². The summed E-state index contributed by atoms with van der Waals surface area (Å²) in [4.78, 5) is 32.8. The van der Waals surface area contributed by atoms with E-state index in [1.807, 2.05) is 12.1 Å². The van der Waals surface area contributed by atoms with Crippen LogP contribution in [0.15, 0.2) is 65.7 Å². The van der Waals surface area contributed by atoms with E-state index >= 15 is 0 Å². The van der Waals surface area contributed by atoms with Gasteiger partial charge in [-0.1, -0.05) is 76.5 Å². The average molecular weight is 583 g/mol. The number of anilines is 1. The molecule has 0 bridgehead atoms. The second-order valence-electron chi connectivity index (χ2n) is 11.1. The van der Waals surface area contributed by atoms with Crippen molar-refractivity contribution in [3.05, 3.63) is 66.5 Å². The molecule has 9 nitrogen and oxygen atoms in total. The highest BCUT2D eigenvalue weighted by Gasteiger charge is 2.53. The van der Waals surface area contributed by atoms with Crippen LogP contribution in [-0.4, -0.2) is 64.7 Å². The zero-order valence-electron chi connectivity index (χ0n) is 24.0. The van der Waals surface area contributed by atoms with Crippen LogP contribution in [0.1, 0.15) is 70.4 Å². The molecule has 3 heterocycles. The number of hydrazine groups is 1. The molecule has 4 atom stereocenters. The minimum atomic E-state index is -3.37. The fourth-order valence-corrected chi connectivity index (χ4v) is 6.21. The van der Waals surface area contributed by atoms with Crippen molar-refractivity contribution < 1.29 is 23.1 Å². The van der Waals surface area contributed by atoms with Gasteiger partial charge in [-0.25, -0.2) is 13.4 Å². The lowest BCUT2D eigenvalue weighted by molar-refractivity contribution is -0.140. The van der Waals surface area contributed by atoms with Crippen molar-refractivity contribution in [1.82, 2.24) is 14.9 Å². The predicted molar refractivity (Wildman–Crippen MR) is 158 cm³/mol. The summed E-state index contributed by atoms with van der Waals surface area (Å²) in [6.45, 7) is 2.28. The number of likely N-dealkylation sites (tertiary alicyclic amines) is 1. The van der Waals surface area contributed by atoms with E-state index in [-0.39, 0.29) is 23.3 Å². The van der Waals surface area contributed by atoms with Crippen LogP contribution in [0.2, 0.25) is 0 Å². The highest BCUT2D eigenvalue weighted by molar-refractivity contribution is 7.90. The quantitative estimate of drug-likeness (QED) is 0.179. The van der Waals surface area contributed by atoms with Crippen molar-refractivity contribution in [1.29, 1.82) is 0 Å². The minimum absolute atomic E-state index is 0.0712. The number of nitrogens with one attached hydrogen (secondary N) is 1. The number of benzene rings is 1. The summed E-state index contributed by atoms with van der Waals surface area (Å²) >= 11 is 0. The van der Waals surface area contributed by atoms with Gasteiger partial charge in [0.2, 0.25) is 11.8 Å². The molecule has 0 saturated carbocycles. The Morgan fingerprint density at radius 1 is 0.927 bits per heavy atom. The number of aliphatic hydroxyl groups is 1. The third-order valence-corrected chi connectivity index (χ3v) is 9.01. The Labute approximate surface area is 243 Å². The second kappa shape index (κ2) is 14.2. The number of imide groups is 1. The van der Waals surface area contributed by atoms with Crippen LogP contribution in [0.4, 0.5) is 5.69 Å². The zero-order chi connectivity index (χ0) is 29.4. The van der Waals surface area contributed by atoms with Gasteiger partial charge in [-0.2, -0.15) is 0 Å². The number of amides is 2. The lowest BCUT2D eigenvalue weighted by Crippen LogP contribution is -2.57. The predicted octanol–water partition coefficient (Wildman–Crippen LogP) is 4.50. The number of carbonyl (C=O) groups excluding carboxylic acids is 2.